The summed E-state index contributed by atoms with van der Waals surface area (Å²) in [6.07, 6.45) is 0. The van der Waals surface area contributed by atoms with Crippen molar-refractivity contribution in [2.45, 2.75) is 6.54 Å². The third-order valence-corrected chi connectivity index (χ3v) is 5.43. The Hall–Kier alpha value is -4.52. The molecule has 7 nitrogen and oxygen atoms in total. The smallest absolute Gasteiger partial charge is 0.262 e. The molecule has 170 valence electrons. The third-order valence-electron chi connectivity index (χ3n) is 5.43. The Morgan fingerprint density at radius 3 is 2.53 bits per heavy atom. The molecule has 0 fully saturated rings. The Morgan fingerprint density at radius 2 is 1.62 bits per heavy atom. The van der Waals surface area contributed by atoms with E-state index in [9.17, 15) is 9.59 Å². The number of rotatable bonds is 7. The summed E-state index contributed by atoms with van der Waals surface area (Å²) in [5.74, 6) is 1.29. The van der Waals surface area contributed by atoms with Gasteiger partial charge in [0.25, 0.3) is 11.8 Å². The van der Waals surface area contributed by atoms with E-state index >= 15 is 0 Å². The first-order valence-electron chi connectivity index (χ1n) is 10.8. The van der Waals surface area contributed by atoms with Gasteiger partial charge in [0.15, 0.2) is 18.1 Å². The number of para-hydroxylation sites is 1. The summed E-state index contributed by atoms with van der Waals surface area (Å²) in [7, 11) is 0. The van der Waals surface area contributed by atoms with Crippen LogP contribution in [0.4, 0.5) is 5.69 Å². The fraction of sp³-hybridized carbons (Fsp3) is 0.111. The van der Waals surface area contributed by atoms with E-state index in [2.05, 4.69) is 10.6 Å². The fourth-order valence-corrected chi connectivity index (χ4v) is 3.71. The summed E-state index contributed by atoms with van der Waals surface area (Å²) in [6, 6.07) is 26.0. The molecule has 4 aromatic rings. The van der Waals surface area contributed by atoms with Crippen LogP contribution in [-0.2, 0) is 11.3 Å². The van der Waals surface area contributed by atoms with Crippen LogP contribution in [0.1, 0.15) is 15.9 Å². The van der Waals surface area contributed by atoms with Crippen LogP contribution in [0.2, 0.25) is 0 Å². The van der Waals surface area contributed by atoms with Gasteiger partial charge >= 0.3 is 0 Å². The van der Waals surface area contributed by atoms with Crippen LogP contribution < -0.4 is 24.8 Å². The lowest BCUT2D eigenvalue weighted by molar-refractivity contribution is -0.118. The molecule has 34 heavy (non-hydrogen) atoms. The minimum Gasteiger partial charge on any atom is -0.484 e. The minimum absolute atomic E-state index is 0.175. The molecule has 0 radical (unpaired) electrons. The first kappa shape index (κ1) is 21.3. The van der Waals surface area contributed by atoms with Crippen molar-refractivity contribution in [1.82, 2.24) is 5.32 Å². The highest BCUT2D eigenvalue weighted by Gasteiger charge is 2.16. The first-order chi connectivity index (χ1) is 16.7. The summed E-state index contributed by atoms with van der Waals surface area (Å²) >= 11 is 0. The summed E-state index contributed by atoms with van der Waals surface area (Å²) in [5, 5.41) is 7.78. The predicted molar refractivity (Wildman–Crippen MR) is 128 cm³/mol. The standard InChI is InChI=1S/C27H22N2O5/c30-26(16-32-21-11-10-19-5-1-2-6-20(19)14-21)29-23-8-4-3-7-22(23)27(31)28-15-18-9-12-24-25(13-18)34-17-33-24/h1-14H,15-17H2,(H,28,31)(H,29,30). The van der Waals surface area contributed by atoms with E-state index in [0.717, 1.165) is 16.3 Å². The lowest BCUT2D eigenvalue weighted by Gasteiger charge is -2.12. The van der Waals surface area contributed by atoms with Crippen molar-refractivity contribution in [3.63, 3.8) is 0 Å². The maximum atomic E-state index is 12.8. The Labute approximate surface area is 196 Å². The van der Waals surface area contributed by atoms with E-state index in [0.29, 0.717) is 35.0 Å². The topological polar surface area (TPSA) is 85.9 Å². The van der Waals surface area contributed by atoms with Crippen LogP contribution in [0.3, 0.4) is 0 Å². The molecule has 2 amide bonds. The molecule has 0 atom stereocenters. The quantitative estimate of drug-likeness (QED) is 0.429. The predicted octanol–water partition coefficient (Wildman–Crippen LogP) is 4.52. The molecule has 0 bridgehead atoms. The lowest BCUT2D eigenvalue weighted by Crippen LogP contribution is -2.26. The number of nitrogens with one attached hydrogen (secondary N) is 2. The van der Waals surface area contributed by atoms with Gasteiger partial charge in [-0.15, -0.1) is 0 Å². The Kier molecular flexibility index (Phi) is 5.99. The van der Waals surface area contributed by atoms with Crippen molar-refractivity contribution in [2.24, 2.45) is 0 Å². The largest absolute Gasteiger partial charge is 0.484 e. The second kappa shape index (κ2) is 9.54. The highest BCUT2D eigenvalue weighted by Crippen LogP contribution is 2.32. The summed E-state index contributed by atoms with van der Waals surface area (Å²) < 4.78 is 16.3. The van der Waals surface area contributed by atoms with Crippen molar-refractivity contribution < 1.29 is 23.8 Å². The molecule has 0 unspecified atom stereocenters. The molecular formula is C27H22N2O5. The van der Waals surface area contributed by atoms with E-state index in [-0.39, 0.29) is 25.2 Å². The molecule has 0 saturated carbocycles. The number of carbonyl (C=O) groups excluding carboxylic acids is 2. The second-order valence-corrected chi connectivity index (χ2v) is 7.76. The van der Waals surface area contributed by atoms with Gasteiger partial charge in [-0.05, 0) is 52.7 Å². The molecule has 7 heteroatoms. The highest BCUT2D eigenvalue weighted by molar-refractivity contribution is 6.04. The maximum absolute atomic E-state index is 12.8. The van der Waals surface area contributed by atoms with Crippen molar-refractivity contribution >= 4 is 28.3 Å². The monoisotopic (exact) mass is 454 g/mol. The zero-order chi connectivity index (χ0) is 23.3. The summed E-state index contributed by atoms with van der Waals surface area (Å²) in [4.78, 5) is 25.3. The minimum atomic E-state index is -0.357. The number of benzene rings is 4. The number of ether oxygens (including phenoxy) is 3. The van der Waals surface area contributed by atoms with Gasteiger partial charge in [-0.1, -0.05) is 48.5 Å². The average molecular weight is 454 g/mol. The molecule has 0 spiro atoms. The fourth-order valence-electron chi connectivity index (χ4n) is 3.71. The van der Waals surface area contributed by atoms with Crippen LogP contribution >= 0.6 is 0 Å². The molecule has 0 aromatic heterocycles. The van der Waals surface area contributed by atoms with Gasteiger partial charge < -0.3 is 24.8 Å². The van der Waals surface area contributed by atoms with Gasteiger partial charge in [0.2, 0.25) is 6.79 Å². The summed E-state index contributed by atoms with van der Waals surface area (Å²) in [5.41, 5.74) is 1.66. The Bertz CT molecular complexity index is 1370. The Morgan fingerprint density at radius 1 is 0.824 bits per heavy atom. The molecule has 0 saturated heterocycles. The van der Waals surface area contributed by atoms with E-state index in [1.807, 2.05) is 60.7 Å². The summed E-state index contributed by atoms with van der Waals surface area (Å²) in [6.45, 7) is 0.330. The van der Waals surface area contributed by atoms with Crippen molar-refractivity contribution in [2.75, 3.05) is 18.7 Å². The van der Waals surface area contributed by atoms with Crippen molar-refractivity contribution in [3.05, 3.63) is 96.1 Å². The number of fused-ring (bicyclic) bond motifs is 2. The molecule has 4 aromatic carbocycles. The third kappa shape index (κ3) is 4.78. The van der Waals surface area contributed by atoms with E-state index < -0.39 is 0 Å². The molecule has 0 aliphatic carbocycles. The molecule has 1 aliphatic heterocycles. The number of hydrogen-bond acceptors (Lipinski definition) is 5. The van der Waals surface area contributed by atoms with E-state index in [4.69, 9.17) is 14.2 Å². The van der Waals surface area contributed by atoms with Crippen molar-refractivity contribution in [3.8, 4) is 17.2 Å². The van der Waals surface area contributed by atoms with Gasteiger partial charge in [0.05, 0.1) is 11.3 Å². The molecule has 5 rings (SSSR count). The first-order valence-corrected chi connectivity index (χ1v) is 10.8. The number of carbonyl (C=O) groups is 2. The van der Waals surface area contributed by atoms with E-state index in [1.54, 1.807) is 24.3 Å². The van der Waals surface area contributed by atoms with Crippen LogP contribution in [0.5, 0.6) is 17.2 Å². The number of anilines is 1. The molecule has 1 aliphatic rings. The van der Waals surface area contributed by atoms with Crippen LogP contribution in [-0.4, -0.2) is 25.2 Å². The highest BCUT2D eigenvalue weighted by atomic mass is 16.7. The van der Waals surface area contributed by atoms with Crippen LogP contribution in [0.25, 0.3) is 10.8 Å². The molecule has 2 N–H and O–H groups in total. The average Bonchev–Trinajstić information content (AvgIpc) is 3.34. The lowest BCUT2D eigenvalue weighted by atomic mass is 10.1. The van der Waals surface area contributed by atoms with Gasteiger partial charge in [-0.3, -0.25) is 9.59 Å². The van der Waals surface area contributed by atoms with Gasteiger partial charge in [-0.2, -0.15) is 0 Å². The van der Waals surface area contributed by atoms with Crippen LogP contribution in [0, 0.1) is 0 Å². The number of hydrogen-bond donors (Lipinski definition) is 2. The Balaban J connectivity index is 1.19. The second-order valence-electron chi connectivity index (χ2n) is 7.76. The SMILES string of the molecule is O=C(COc1ccc2ccccc2c1)Nc1ccccc1C(=O)NCc1ccc2c(c1)OCO2. The van der Waals surface area contributed by atoms with Gasteiger partial charge in [-0.25, -0.2) is 0 Å². The van der Waals surface area contributed by atoms with Crippen molar-refractivity contribution in [1.29, 1.82) is 0 Å². The van der Waals surface area contributed by atoms with Gasteiger partial charge in [0.1, 0.15) is 5.75 Å². The molecular weight excluding hydrogens is 432 g/mol. The normalized spacial score (nSPS) is 11.8. The zero-order valence-electron chi connectivity index (χ0n) is 18.2. The van der Waals surface area contributed by atoms with E-state index in [1.165, 1.54) is 0 Å². The zero-order valence-corrected chi connectivity index (χ0v) is 18.2. The number of amides is 2. The maximum Gasteiger partial charge on any atom is 0.262 e. The molecule has 1 heterocycles. The van der Waals surface area contributed by atoms with Crippen LogP contribution in [0.15, 0.2) is 84.9 Å². The van der Waals surface area contributed by atoms with Gasteiger partial charge in [0, 0.05) is 6.54 Å².